The molecule has 0 radical (unpaired) electrons. The number of aromatic nitrogens is 1. The molecule has 0 unspecified atom stereocenters. The number of hydrogen-bond acceptors (Lipinski definition) is 5. The molecule has 0 fully saturated rings. The number of ketones is 1. The fourth-order valence-electron chi connectivity index (χ4n) is 2.11. The molecule has 0 spiro atoms. The summed E-state index contributed by atoms with van der Waals surface area (Å²) in [4.78, 5) is 38.5. The topological polar surface area (TPSA) is 85.5 Å². The van der Waals surface area contributed by atoms with E-state index in [-0.39, 0.29) is 5.69 Å². The van der Waals surface area contributed by atoms with Crippen molar-refractivity contribution in [1.29, 1.82) is 0 Å². The first-order chi connectivity index (χ1) is 10.2. The number of hydrogen-bond donors (Lipinski definition) is 1. The van der Waals surface area contributed by atoms with Crippen LogP contribution in [0.2, 0.25) is 0 Å². The Morgan fingerprint density at radius 3 is 2.27 bits per heavy atom. The number of carbonyl (C=O) groups is 3. The number of methoxy groups -OCH3 is 1. The van der Waals surface area contributed by atoms with Gasteiger partial charge in [0.1, 0.15) is 0 Å². The van der Waals surface area contributed by atoms with Gasteiger partial charge in [0.05, 0.1) is 18.4 Å². The molecule has 0 bridgehead atoms. The number of rotatable bonds is 5. The average molecular weight is 307 g/mol. The maximum absolute atomic E-state index is 12.4. The maximum atomic E-state index is 12.4. The summed E-state index contributed by atoms with van der Waals surface area (Å²) in [5.41, 5.74) is 2.38. The summed E-state index contributed by atoms with van der Waals surface area (Å²) >= 11 is 0. The summed E-state index contributed by atoms with van der Waals surface area (Å²) in [5.74, 6) is -1.49. The molecule has 1 aromatic rings. The number of nitrogens with one attached hydrogen (secondary N) is 1. The Morgan fingerprint density at radius 1 is 1.18 bits per heavy atom. The number of allylic oxidation sites excluding steroid dienone is 1. The summed E-state index contributed by atoms with van der Waals surface area (Å²) in [6, 6.07) is 0. The Hall–Kier alpha value is -2.37. The van der Waals surface area contributed by atoms with Crippen LogP contribution in [0.25, 0.3) is 0 Å². The van der Waals surface area contributed by atoms with Crippen molar-refractivity contribution >= 4 is 17.7 Å². The van der Waals surface area contributed by atoms with Crippen LogP contribution in [-0.2, 0) is 14.3 Å². The van der Waals surface area contributed by atoms with Gasteiger partial charge in [0.25, 0.3) is 0 Å². The molecule has 6 nitrogen and oxygen atoms in total. The number of aryl methyl sites for hydroxylation is 1. The van der Waals surface area contributed by atoms with Crippen LogP contribution >= 0.6 is 0 Å². The molecule has 1 aromatic heterocycles. The van der Waals surface area contributed by atoms with Gasteiger partial charge >= 0.3 is 11.9 Å². The highest BCUT2D eigenvalue weighted by molar-refractivity contribution is 6.04. The number of aromatic amines is 1. The maximum Gasteiger partial charge on any atom is 0.339 e. The minimum Gasteiger partial charge on any atom is -0.465 e. The molecule has 0 saturated carbocycles. The van der Waals surface area contributed by atoms with Crippen LogP contribution in [0.5, 0.6) is 0 Å². The lowest BCUT2D eigenvalue weighted by atomic mass is 10.1. The van der Waals surface area contributed by atoms with Crippen LogP contribution in [-0.4, -0.2) is 35.9 Å². The molecule has 0 amide bonds. The van der Waals surface area contributed by atoms with Gasteiger partial charge in [-0.15, -0.1) is 0 Å². The quantitative estimate of drug-likeness (QED) is 0.513. The molecule has 1 atom stereocenters. The predicted octanol–water partition coefficient (Wildman–Crippen LogP) is 2.50. The molecule has 0 aliphatic heterocycles. The molecular formula is C16H21NO5. The summed E-state index contributed by atoms with van der Waals surface area (Å²) in [7, 11) is 1.28. The standard InChI is InChI=1S/C16H21NO5/c1-8(2)7-12(18)22-11(5)15(19)14-9(3)13(10(4)17-14)16(20)21-6/h7,11,17H,1-6H3/t11-/m0/s1. The molecule has 6 heteroatoms. The Bertz CT molecular complexity index is 635. The summed E-state index contributed by atoms with van der Waals surface area (Å²) in [6.07, 6.45) is 0.363. The molecule has 1 heterocycles. The number of Topliss-reactive ketones (excluding diaryl/α,β-unsaturated/α-hetero) is 1. The second kappa shape index (κ2) is 7.06. The highest BCUT2D eigenvalue weighted by atomic mass is 16.5. The first kappa shape index (κ1) is 17.7. The molecular weight excluding hydrogens is 286 g/mol. The molecule has 0 saturated heterocycles. The minimum absolute atomic E-state index is 0.246. The third-order valence-electron chi connectivity index (χ3n) is 3.14. The second-order valence-corrected chi connectivity index (χ2v) is 5.28. The van der Waals surface area contributed by atoms with Crippen LogP contribution in [0.3, 0.4) is 0 Å². The summed E-state index contributed by atoms with van der Waals surface area (Å²) in [5, 5.41) is 0. The van der Waals surface area contributed by atoms with Gasteiger partial charge in [-0.05, 0) is 40.2 Å². The summed E-state index contributed by atoms with van der Waals surface area (Å²) < 4.78 is 9.76. The summed E-state index contributed by atoms with van der Waals surface area (Å²) in [6.45, 7) is 8.33. The van der Waals surface area contributed by atoms with E-state index < -0.39 is 23.8 Å². The highest BCUT2D eigenvalue weighted by Crippen LogP contribution is 2.20. The number of ether oxygens (including phenoxy) is 2. The van der Waals surface area contributed by atoms with E-state index in [4.69, 9.17) is 9.47 Å². The molecule has 22 heavy (non-hydrogen) atoms. The van der Waals surface area contributed by atoms with E-state index in [9.17, 15) is 14.4 Å². The van der Waals surface area contributed by atoms with Crippen molar-refractivity contribution in [2.75, 3.05) is 7.11 Å². The van der Waals surface area contributed by atoms with Gasteiger partial charge in [-0.3, -0.25) is 4.79 Å². The van der Waals surface area contributed by atoms with E-state index in [1.807, 2.05) is 0 Å². The Kier molecular flexibility index (Phi) is 5.68. The van der Waals surface area contributed by atoms with Crippen molar-refractivity contribution in [1.82, 2.24) is 4.98 Å². The van der Waals surface area contributed by atoms with Crippen LogP contribution < -0.4 is 0 Å². The van der Waals surface area contributed by atoms with Gasteiger partial charge in [0, 0.05) is 11.8 Å². The van der Waals surface area contributed by atoms with Gasteiger partial charge in [0.15, 0.2) is 6.10 Å². The van der Waals surface area contributed by atoms with E-state index >= 15 is 0 Å². The Morgan fingerprint density at radius 2 is 1.77 bits per heavy atom. The number of carbonyl (C=O) groups excluding carboxylic acids is 3. The monoisotopic (exact) mass is 307 g/mol. The second-order valence-electron chi connectivity index (χ2n) is 5.28. The zero-order chi connectivity index (χ0) is 17.0. The minimum atomic E-state index is -0.953. The van der Waals surface area contributed by atoms with Crippen LogP contribution in [0.4, 0.5) is 0 Å². The largest absolute Gasteiger partial charge is 0.465 e. The van der Waals surface area contributed by atoms with Crippen molar-refractivity contribution in [3.63, 3.8) is 0 Å². The molecule has 0 aromatic carbocycles. The number of H-pyrrole nitrogens is 1. The molecule has 1 rings (SSSR count). The van der Waals surface area contributed by atoms with Crippen molar-refractivity contribution in [2.24, 2.45) is 0 Å². The lowest BCUT2D eigenvalue weighted by molar-refractivity contribution is -0.140. The SMILES string of the molecule is COC(=O)c1c(C)[nH]c(C(=O)[C@H](C)OC(=O)C=C(C)C)c1C. The van der Waals surface area contributed by atoms with Gasteiger partial charge in [0.2, 0.25) is 5.78 Å². The van der Waals surface area contributed by atoms with Gasteiger partial charge < -0.3 is 14.5 Å². The molecule has 0 aliphatic carbocycles. The third-order valence-corrected chi connectivity index (χ3v) is 3.14. The van der Waals surface area contributed by atoms with Gasteiger partial charge in [-0.25, -0.2) is 9.59 Å². The third kappa shape index (κ3) is 3.84. The zero-order valence-corrected chi connectivity index (χ0v) is 13.7. The van der Waals surface area contributed by atoms with Gasteiger partial charge in [-0.2, -0.15) is 0 Å². The van der Waals surface area contributed by atoms with Crippen LogP contribution in [0, 0.1) is 13.8 Å². The zero-order valence-electron chi connectivity index (χ0n) is 13.7. The number of esters is 2. The Labute approximate surface area is 129 Å². The fraction of sp³-hybridized carbons (Fsp3) is 0.438. The Balaban J connectivity index is 3.02. The predicted molar refractivity (Wildman–Crippen MR) is 80.9 cm³/mol. The van der Waals surface area contributed by atoms with E-state index in [2.05, 4.69) is 4.98 Å². The van der Waals surface area contributed by atoms with E-state index in [1.165, 1.54) is 20.1 Å². The first-order valence-electron chi connectivity index (χ1n) is 6.86. The average Bonchev–Trinajstić information content (AvgIpc) is 2.71. The normalized spacial score (nSPS) is 11.5. The lowest BCUT2D eigenvalue weighted by Gasteiger charge is -2.11. The lowest BCUT2D eigenvalue weighted by Crippen LogP contribution is -2.24. The molecule has 120 valence electrons. The van der Waals surface area contributed by atoms with Crippen molar-refractivity contribution in [3.05, 3.63) is 34.2 Å². The fourth-order valence-corrected chi connectivity index (χ4v) is 2.11. The smallest absolute Gasteiger partial charge is 0.339 e. The first-order valence-corrected chi connectivity index (χ1v) is 6.86. The van der Waals surface area contributed by atoms with Crippen molar-refractivity contribution in [3.8, 4) is 0 Å². The molecule has 0 aliphatic rings. The van der Waals surface area contributed by atoms with Crippen molar-refractivity contribution < 1.29 is 23.9 Å². The van der Waals surface area contributed by atoms with Crippen molar-refractivity contribution in [2.45, 2.75) is 40.7 Å². The van der Waals surface area contributed by atoms with E-state index in [1.54, 1.807) is 27.7 Å². The molecule has 1 N–H and O–H groups in total. The van der Waals surface area contributed by atoms with Crippen LogP contribution in [0.15, 0.2) is 11.6 Å². The van der Waals surface area contributed by atoms with Gasteiger partial charge in [-0.1, -0.05) is 5.57 Å². The van der Waals surface area contributed by atoms with Crippen LogP contribution in [0.1, 0.15) is 52.9 Å². The van der Waals surface area contributed by atoms with E-state index in [0.717, 1.165) is 5.57 Å². The van der Waals surface area contributed by atoms with E-state index in [0.29, 0.717) is 16.8 Å². The highest BCUT2D eigenvalue weighted by Gasteiger charge is 2.26.